The maximum absolute atomic E-state index is 12.6. The molecule has 0 N–H and O–H groups in total. The van der Waals surface area contributed by atoms with Crippen LogP contribution < -0.4 is 14.2 Å². The van der Waals surface area contributed by atoms with Gasteiger partial charge in [0.25, 0.3) is 0 Å². The summed E-state index contributed by atoms with van der Waals surface area (Å²) in [5.41, 5.74) is 0.396. The fourth-order valence-corrected chi connectivity index (χ4v) is 3.21. The van der Waals surface area contributed by atoms with Crippen LogP contribution in [0.15, 0.2) is 12.1 Å². The van der Waals surface area contributed by atoms with E-state index in [1.165, 1.54) is 27.8 Å². The second-order valence-corrected chi connectivity index (χ2v) is 6.17. The van der Waals surface area contributed by atoms with Gasteiger partial charge in [-0.25, -0.2) is 4.79 Å². The van der Waals surface area contributed by atoms with Gasteiger partial charge in [0.05, 0.1) is 26.9 Å². The van der Waals surface area contributed by atoms with Gasteiger partial charge < -0.3 is 23.8 Å². The van der Waals surface area contributed by atoms with Crippen LogP contribution in [0.1, 0.15) is 36.0 Å². The summed E-state index contributed by atoms with van der Waals surface area (Å²) in [5.74, 6) is 0.974. The Morgan fingerprint density at radius 2 is 1.56 bits per heavy atom. The summed E-state index contributed by atoms with van der Waals surface area (Å²) in [4.78, 5) is 14.8. The normalized spacial score (nSPS) is 19.8. The quantitative estimate of drug-likeness (QED) is 0.714. The molecule has 1 fully saturated rings. The van der Waals surface area contributed by atoms with Crippen LogP contribution in [0.25, 0.3) is 0 Å². The van der Waals surface area contributed by atoms with Gasteiger partial charge in [-0.15, -0.1) is 12.4 Å². The van der Waals surface area contributed by atoms with E-state index in [1.807, 2.05) is 14.1 Å². The van der Waals surface area contributed by atoms with Crippen LogP contribution in [0.3, 0.4) is 0 Å². The Bertz CT molecular complexity index is 554. The summed E-state index contributed by atoms with van der Waals surface area (Å²) < 4.78 is 21.7. The molecule has 0 radical (unpaired) electrons. The average molecular weight is 374 g/mol. The molecule has 0 bridgehead atoms. The van der Waals surface area contributed by atoms with E-state index in [1.54, 1.807) is 12.1 Å². The van der Waals surface area contributed by atoms with Crippen LogP contribution in [0.5, 0.6) is 17.2 Å². The van der Waals surface area contributed by atoms with Crippen molar-refractivity contribution in [2.45, 2.75) is 37.8 Å². The highest BCUT2D eigenvalue weighted by atomic mass is 35.5. The Labute approximate surface area is 155 Å². The molecular weight excluding hydrogens is 346 g/mol. The molecule has 1 aliphatic carbocycles. The van der Waals surface area contributed by atoms with E-state index in [0.717, 1.165) is 19.3 Å². The van der Waals surface area contributed by atoms with E-state index in [4.69, 9.17) is 18.9 Å². The topological polar surface area (TPSA) is 57.2 Å². The fraction of sp³-hybridized carbons (Fsp3) is 0.611. The lowest BCUT2D eigenvalue weighted by Gasteiger charge is -2.35. The SMILES string of the molecule is COc1cc(C(=O)O[C@@H]2CCCC[C@H]2N(C)C)cc(OC)c1OC.Cl. The third-order valence-electron chi connectivity index (χ3n) is 4.49. The molecule has 1 aromatic carbocycles. The van der Waals surface area contributed by atoms with Crippen molar-refractivity contribution in [1.29, 1.82) is 0 Å². The van der Waals surface area contributed by atoms with Crippen molar-refractivity contribution in [3.63, 3.8) is 0 Å². The molecule has 2 rings (SSSR count). The molecule has 0 amide bonds. The predicted octanol–water partition coefficient (Wildman–Crippen LogP) is 3.16. The molecule has 6 nitrogen and oxygen atoms in total. The van der Waals surface area contributed by atoms with E-state index < -0.39 is 0 Å². The number of rotatable bonds is 6. The maximum atomic E-state index is 12.6. The molecule has 0 aromatic heterocycles. The number of likely N-dealkylation sites (N-methyl/N-ethyl adjacent to an activating group) is 1. The van der Waals surface area contributed by atoms with Crippen molar-refractivity contribution in [2.75, 3.05) is 35.4 Å². The van der Waals surface area contributed by atoms with Gasteiger partial charge in [-0.2, -0.15) is 0 Å². The van der Waals surface area contributed by atoms with Crippen LogP contribution in [0.4, 0.5) is 0 Å². The van der Waals surface area contributed by atoms with Gasteiger partial charge in [0.15, 0.2) is 11.5 Å². The monoisotopic (exact) mass is 373 g/mol. The summed E-state index contributed by atoms with van der Waals surface area (Å²) in [7, 11) is 8.62. The second-order valence-electron chi connectivity index (χ2n) is 6.17. The zero-order valence-electron chi connectivity index (χ0n) is 15.5. The zero-order chi connectivity index (χ0) is 17.7. The summed E-state index contributed by atoms with van der Waals surface area (Å²) >= 11 is 0. The molecule has 0 heterocycles. The first-order chi connectivity index (χ1) is 11.5. The van der Waals surface area contributed by atoms with E-state index in [0.29, 0.717) is 22.8 Å². The molecule has 0 aliphatic heterocycles. The summed E-state index contributed by atoms with van der Waals surface area (Å²) in [6.45, 7) is 0. The number of benzene rings is 1. The number of carbonyl (C=O) groups is 1. The molecule has 2 atom stereocenters. The van der Waals surface area contributed by atoms with Crippen LogP contribution in [-0.2, 0) is 4.74 Å². The molecule has 0 saturated heterocycles. The number of hydrogen-bond donors (Lipinski definition) is 0. The minimum atomic E-state index is -0.368. The van der Waals surface area contributed by atoms with Crippen LogP contribution in [0.2, 0.25) is 0 Å². The third-order valence-corrected chi connectivity index (χ3v) is 4.49. The van der Waals surface area contributed by atoms with Gasteiger partial charge in [-0.3, -0.25) is 0 Å². The molecular formula is C18H28ClNO5. The summed E-state index contributed by atoms with van der Waals surface area (Å²) in [5, 5.41) is 0. The number of nitrogens with zero attached hydrogens (tertiary/aromatic N) is 1. The van der Waals surface area contributed by atoms with Crippen molar-refractivity contribution < 1.29 is 23.7 Å². The molecule has 1 aromatic rings. The Hall–Kier alpha value is -1.66. The van der Waals surface area contributed by atoms with E-state index in [2.05, 4.69) is 4.90 Å². The highest BCUT2D eigenvalue weighted by Gasteiger charge is 2.30. The Kier molecular flexibility index (Phi) is 8.32. The Morgan fingerprint density at radius 3 is 2.04 bits per heavy atom. The van der Waals surface area contributed by atoms with Gasteiger partial charge in [0.1, 0.15) is 6.10 Å². The standard InChI is InChI=1S/C18H27NO5.ClH/c1-19(2)13-8-6-7-9-14(13)24-18(20)12-10-15(21-3)17(23-5)16(11-12)22-4;/h10-11,13-14H,6-9H2,1-5H3;1H/t13-,14-;/m1./s1. The van der Waals surface area contributed by atoms with Gasteiger partial charge in [-0.05, 0) is 45.5 Å². The minimum absolute atomic E-state index is 0. The van der Waals surface area contributed by atoms with Gasteiger partial charge in [-0.1, -0.05) is 6.42 Å². The lowest BCUT2D eigenvalue weighted by molar-refractivity contribution is -0.00723. The van der Waals surface area contributed by atoms with Crippen molar-refractivity contribution in [2.24, 2.45) is 0 Å². The van der Waals surface area contributed by atoms with Crippen LogP contribution >= 0.6 is 12.4 Å². The predicted molar refractivity (Wildman–Crippen MR) is 98.5 cm³/mol. The number of ether oxygens (including phenoxy) is 4. The van der Waals surface area contributed by atoms with Crippen molar-refractivity contribution in [1.82, 2.24) is 4.90 Å². The fourth-order valence-electron chi connectivity index (χ4n) is 3.21. The van der Waals surface area contributed by atoms with Gasteiger partial charge in [0, 0.05) is 6.04 Å². The molecule has 0 spiro atoms. The lowest BCUT2D eigenvalue weighted by atomic mass is 9.91. The van der Waals surface area contributed by atoms with Gasteiger partial charge >= 0.3 is 5.97 Å². The maximum Gasteiger partial charge on any atom is 0.338 e. The third kappa shape index (κ3) is 4.92. The lowest BCUT2D eigenvalue weighted by Crippen LogP contribution is -2.43. The van der Waals surface area contributed by atoms with Crippen molar-refractivity contribution in [3.8, 4) is 17.2 Å². The first kappa shape index (κ1) is 21.4. The number of halogens is 1. The first-order valence-corrected chi connectivity index (χ1v) is 8.19. The van der Waals surface area contributed by atoms with E-state index >= 15 is 0 Å². The van der Waals surface area contributed by atoms with Gasteiger partial charge in [0.2, 0.25) is 5.75 Å². The molecule has 7 heteroatoms. The highest BCUT2D eigenvalue weighted by molar-refractivity contribution is 5.91. The average Bonchev–Trinajstić information content (AvgIpc) is 2.60. The molecule has 25 heavy (non-hydrogen) atoms. The van der Waals surface area contributed by atoms with Crippen molar-refractivity contribution >= 4 is 18.4 Å². The molecule has 0 unspecified atom stereocenters. The molecule has 142 valence electrons. The summed E-state index contributed by atoms with van der Waals surface area (Å²) in [6.07, 6.45) is 4.08. The highest BCUT2D eigenvalue weighted by Crippen LogP contribution is 2.38. The smallest absolute Gasteiger partial charge is 0.338 e. The zero-order valence-corrected chi connectivity index (χ0v) is 16.4. The molecule has 1 aliphatic rings. The van der Waals surface area contributed by atoms with Crippen molar-refractivity contribution in [3.05, 3.63) is 17.7 Å². The number of esters is 1. The minimum Gasteiger partial charge on any atom is -0.493 e. The number of hydrogen-bond acceptors (Lipinski definition) is 6. The van der Waals surface area contributed by atoms with E-state index in [-0.39, 0.29) is 30.5 Å². The Balaban J connectivity index is 0.00000312. The number of carbonyl (C=O) groups excluding carboxylic acids is 1. The largest absolute Gasteiger partial charge is 0.493 e. The first-order valence-electron chi connectivity index (χ1n) is 8.19. The van der Waals surface area contributed by atoms with E-state index in [9.17, 15) is 4.79 Å². The number of methoxy groups -OCH3 is 3. The summed E-state index contributed by atoms with van der Waals surface area (Å²) in [6, 6.07) is 3.50. The van der Waals surface area contributed by atoms with Crippen LogP contribution in [-0.4, -0.2) is 58.4 Å². The van der Waals surface area contributed by atoms with Crippen LogP contribution in [0, 0.1) is 0 Å². The second kappa shape index (κ2) is 9.73. The Morgan fingerprint density at radius 1 is 1.00 bits per heavy atom. The molecule has 1 saturated carbocycles.